The SMILES string of the molecule is CCC1(CC)CN(c2ccc(I)cc2)C(C(C)C)CN1. The van der Waals surface area contributed by atoms with Gasteiger partial charge in [0, 0.05) is 33.9 Å². The summed E-state index contributed by atoms with van der Waals surface area (Å²) in [7, 11) is 0. The van der Waals surface area contributed by atoms with Crippen molar-refractivity contribution in [2.24, 2.45) is 5.92 Å². The fourth-order valence-corrected chi connectivity index (χ4v) is 3.52. The number of nitrogens with one attached hydrogen (secondary N) is 1. The molecule has 0 radical (unpaired) electrons. The van der Waals surface area contributed by atoms with Gasteiger partial charge in [0.1, 0.15) is 0 Å². The molecule has 0 bridgehead atoms. The number of benzene rings is 1. The number of hydrogen-bond acceptors (Lipinski definition) is 2. The lowest BCUT2D eigenvalue weighted by Crippen LogP contribution is -2.65. The van der Waals surface area contributed by atoms with E-state index in [9.17, 15) is 0 Å². The van der Waals surface area contributed by atoms with Crippen molar-refractivity contribution < 1.29 is 0 Å². The van der Waals surface area contributed by atoms with Crippen LogP contribution in [0.5, 0.6) is 0 Å². The van der Waals surface area contributed by atoms with Gasteiger partial charge in [-0.15, -0.1) is 0 Å². The first-order valence-electron chi connectivity index (χ1n) is 7.78. The van der Waals surface area contributed by atoms with Gasteiger partial charge in [0.25, 0.3) is 0 Å². The van der Waals surface area contributed by atoms with Gasteiger partial charge in [0.15, 0.2) is 0 Å². The smallest absolute Gasteiger partial charge is 0.0438 e. The first kappa shape index (κ1) is 16.1. The Kier molecular flexibility index (Phi) is 5.35. The molecule has 2 rings (SSSR count). The van der Waals surface area contributed by atoms with Crippen molar-refractivity contribution in [2.45, 2.75) is 52.1 Å². The van der Waals surface area contributed by atoms with Crippen LogP contribution in [0.1, 0.15) is 40.5 Å². The Labute approximate surface area is 137 Å². The molecule has 1 unspecified atom stereocenters. The zero-order chi connectivity index (χ0) is 14.8. The van der Waals surface area contributed by atoms with Gasteiger partial charge in [-0.25, -0.2) is 0 Å². The van der Waals surface area contributed by atoms with Crippen LogP contribution < -0.4 is 10.2 Å². The van der Waals surface area contributed by atoms with Crippen LogP contribution in [0, 0.1) is 9.49 Å². The van der Waals surface area contributed by atoms with E-state index in [2.05, 4.69) is 84.8 Å². The summed E-state index contributed by atoms with van der Waals surface area (Å²) in [6.45, 7) is 11.5. The number of rotatable bonds is 4. The topological polar surface area (TPSA) is 15.3 Å². The van der Waals surface area contributed by atoms with Crippen molar-refractivity contribution in [1.82, 2.24) is 5.32 Å². The quantitative estimate of drug-likeness (QED) is 0.777. The normalized spacial score (nSPS) is 22.3. The summed E-state index contributed by atoms with van der Waals surface area (Å²) in [5, 5.41) is 3.83. The maximum absolute atomic E-state index is 3.83. The average molecular weight is 386 g/mol. The maximum Gasteiger partial charge on any atom is 0.0438 e. The van der Waals surface area contributed by atoms with Crippen molar-refractivity contribution in [3.8, 4) is 0 Å². The molecule has 1 aromatic carbocycles. The lowest BCUT2D eigenvalue weighted by atomic mass is 9.86. The molecule has 0 aromatic heterocycles. The lowest BCUT2D eigenvalue weighted by molar-refractivity contribution is 0.227. The monoisotopic (exact) mass is 386 g/mol. The largest absolute Gasteiger partial charge is 0.365 e. The molecule has 0 spiro atoms. The third-order valence-corrected chi connectivity index (χ3v) is 5.56. The van der Waals surface area contributed by atoms with Crippen LogP contribution in [0.3, 0.4) is 0 Å². The molecule has 0 amide bonds. The van der Waals surface area contributed by atoms with E-state index in [0.29, 0.717) is 12.0 Å². The number of nitrogens with zero attached hydrogens (tertiary/aromatic N) is 1. The van der Waals surface area contributed by atoms with Gasteiger partial charge in [-0.05, 0) is 65.6 Å². The second-order valence-corrected chi connectivity index (χ2v) is 7.53. The molecule has 0 aliphatic carbocycles. The van der Waals surface area contributed by atoms with Crippen molar-refractivity contribution in [3.05, 3.63) is 27.8 Å². The van der Waals surface area contributed by atoms with Gasteiger partial charge in [-0.1, -0.05) is 27.7 Å². The van der Waals surface area contributed by atoms with Crippen LogP contribution >= 0.6 is 22.6 Å². The van der Waals surface area contributed by atoms with E-state index in [1.165, 1.54) is 22.1 Å². The molecule has 1 saturated heterocycles. The highest BCUT2D eigenvalue weighted by Crippen LogP contribution is 2.30. The minimum atomic E-state index is 0.272. The summed E-state index contributed by atoms with van der Waals surface area (Å²) in [5.74, 6) is 0.661. The summed E-state index contributed by atoms with van der Waals surface area (Å²) < 4.78 is 1.31. The molecule has 2 nitrogen and oxygen atoms in total. The Morgan fingerprint density at radius 2 is 1.85 bits per heavy atom. The highest BCUT2D eigenvalue weighted by Gasteiger charge is 2.37. The number of halogens is 1. The van der Waals surface area contributed by atoms with Gasteiger partial charge in [-0.2, -0.15) is 0 Å². The summed E-state index contributed by atoms with van der Waals surface area (Å²) in [5.41, 5.74) is 1.64. The molecule has 1 heterocycles. The Balaban J connectivity index is 2.29. The highest BCUT2D eigenvalue weighted by atomic mass is 127. The fraction of sp³-hybridized carbons (Fsp3) is 0.647. The van der Waals surface area contributed by atoms with E-state index in [0.717, 1.165) is 13.1 Å². The molecule has 1 aliphatic heterocycles. The molecule has 112 valence electrons. The van der Waals surface area contributed by atoms with E-state index in [1.807, 2.05) is 0 Å². The van der Waals surface area contributed by atoms with Gasteiger partial charge < -0.3 is 10.2 Å². The molecule has 0 saturated carbocycles. The molecule has 3 heteroatoms. The first-order valence-corrected chi connectivity index (χ1v) is 8.86. The lowest BCUT2D eigenvalue weighted by Gasteiger charge is -2.50. The second kappa shape index (κ2) is 6.65. The van der Waals surface area contributed by atoms with Crippen LogP contribution in [0.15, 0.2) is 24.3 Å². The standard InChI is InChI=1S/C17H27IN2/c1-5-17(6-2)12-20(16(11-19-17)13(3)4)15-9-7-14(18)8-10-15/h7-10,13,16,19H,5-6,11-12H2,1-4H3. The Bertz CT molecular complexity index is 423. The average Bonchev–Trinajstić information content (AvgIpc) is 2.47. The van der Waals surface area contributed by atoms with E-state index in [4.69, 9.17) is 0 Å². The van der Waals surface area contributed by atoms with E-state index >= 15 is 0 Å². The van der Waals surface area contributed by atoms with E-state index in [-0.39, 0.29) is 5.54 Å². The van der Waals surface area contributed by atoms with Crippen LogP contribution in [0.25, 0.3) is 0 Å². The van der Waals surface area contributed by atoms with Crippen LogP contribution in [0.4, 0.5) is 5.69 Å². The molecular formula is C17H27IN2. The first-order chi connectivity index (χ1) is 9.51. The molecule has 1 atom stereocenters. The molecule has 1 aliphatic rings. The van der Waals surface area contributed by atoms with Crippen molar-refractivity contribution in [2.75, 3.05) is 18.0 Å². The molecule has 1 N–H and O–H groups in total. The van der Waals surface area contributed by atoms with Crippen LogP contribution in [-0.4, -0.2) is 24.7 Å². The van der Waals surface area contributed by atoms with Crippen molar-refractivity contribution >= 4 is 28.3 Å². The van der Waals surface area contributed by atoms with E-state index in [1.54, 1.807) is 0 Å². The summed E-state index contributed by atoms with van der Waals surface area (Å²) in [6.07, 6.45) is 2.38. The Morgan fingerprint density at radius 3 is 2.35 bits per heavy atom. The minimum Gasteiger partial charge on any atom is -0.365 e. The molecule has 1 aromatic rings. The Hall–Kier alpha value is -0.290. The van der Waals surface area contributed by atoms with Crippen molar-refractivity contribution in [3.63, 3.8) is 0 Å². The van der Waals surface area contributed by atoms with Gasteiger partial charge in [0.2, 0.25) is 0 Å². The fourth-order valence-electron chi connectivity index (χ4n) is 3.17. The zero-order valence-corrected chi connectivity index (χ0v) is 15.3. The third kappa shape index (κ3) is 3.30. The molecule has 20 heavy (non-hydrogen) atoms. The number of hydrogen-bond donors (Lipinski definition) is 1. The van der Waals surface area contributed by atoms with E-state index < -0.39 is 0 Å². The summed E-state index contributed by atoms with van der Waals surface area (Å²) in [6, 6.07) is 9.57. The third-order valence-electron chi connectivity index (χ3n) is 4.84. The predicted octanol–water partition coefficient (Wildman–Crippen LogP) is 4.28. The predicted molar refractivity (Wildman–Crippen MR) is 96.4 cm³/mol. The van der Waals surface area contributed by atoms with Gasteiger partial charge in [0.05, 0.1) is 0 Å². The number of anilines is 1. The summed E-state index contributed by atoms with van der Waals surface area (Å²) in [4.78, 5) is 2.63. The van der Waals surface area contributed by atoms with Gasteiger partial charge in [-0.3, -0.25) is 0 Å². The maximum atomic E-state index is 3.83. The highest BCUT2D eigenvalue weighted by molar-refractivity contribution is 14.1. The van der Waals surface area contributed by atoms with Crippen LogP contribution in [-0.2, 0) is 0 Å². The van der Waals surface area contributed by atoms with Crippen molar-refractivity contribution in [1.29, 1.82) is 0 Å². The Morgan fingerprint density at radius 1 is 1.25 bits per heavy atom. The van der Waals surface area contributed by atoms with Gasteiger partial charge >= 0.3 is 0 Å². The molecular weight excluding hydrogens is 359 g/mol. The zero-order valence-electron chi connectivity index (χ0n) is 13.1. The second-order valence-electron chi connectivity index (χ2n) is 6.28. The number of piperazine rings is 1. The minimum absolute atomic E-state index is 0.272. The van der Waals surface area contributed by atoms with Crippen LogP contribution in [0.2, 0.25) is 0 Å². The molecule has 1 fully saturated rings. The summed E-state index contributed by atoms with van der Waals surface area (Å²) >= 11 is 2.38.